The Morgan fingerprint density at radius 3 is 2.58 bits per heavy atom. The van der Waals surface area contributed by atoms with Crippen LogP contribution in [0.4, 0.5) is 17.6 Å². The number of rotatable bonds is 6. The minimum absolute atomic E-state index is 0.212. The van der Waals surface area contributed by atoms with Gasteiger partial charge < -0.3 is 9.80 Å². The van der Waals surface area contributed by atoms with E-state index in [1.807, 2.05) is 7.05 Å². The van der Waals surface area contributed by atoms with E-state index in [-0.39, 0.29) is 5.41 Å². The number of benzene rings is 1. The zero-order chi connectivity index (χ0) is 25.9. The van der Waals surface area contributed by atoms with E-state index in [1.54, 1.807) is 55.0 Å². The number of pyridine rings is 1. The van der Waals surface area contributed by atoms with Crippen molar-refractivity contribution in [2.24, 2.45) is 15.4 Å². The lowest BCUT2D eigenvalue weighted by Crippen LogP contribution is -2.33. The summed E-state index contributed by atoms with van der Waals surface area (Å²) in [7, 11) is 5.16. The molecule has 2 aliphatic rings. The van der Waals surface area contributed by atoms with Gasteiger partial charge in [0.2, 0.25) is 5.95 Å². The Morgan fingerprint density at radius 2 is 1.94 bits per heavy atom. The fourth-order valence-electron chi connectivity index (χ4n) is 5.21. The van der Waals surface area contributed by atoms with Gasteiger partial charge in [0.05, 0.1) is 11.1 Å². The first-order valence-corrected chi connectivity index (χ1v) is 13.0. The minimum atomic E-state index is -4.29. The van der Waals surface area contributed by atoms with Crippen molar-refractivity contribution in [3.63, 3.8) is 0 Å². The molecule has 10 heteroatoms. The molecule has 2 fully saturated rings. The largest absolute Gasteiger partial charge is 0.416 e. The number of amidine groups is 2. The summed E-state index contributed by atoms with van der Waals surface area (Å²) in [6.07, 6.45) is 0.219. The van der Waals surface area contributed by atoms with Crippen molar-refractivity contribution < 1.29 is 17.6 Å². The normalized spacial score (nSPS) is 22.9. The second kappa shape index (κ2) is 10.9. The number of likely N-dealkylation sites (tertiary alicyclic amines) is 1. The van der Waals surface area contributed by atoms with Crippen molar-refractivity contribution in [2.75, 3.05) is 46.5 Å². The molecule has 1 aliphatic carbocycles. The van der Waals surface area contributed by atoms with Crippen LogP contribution in [0.3, 0.4) is 0 Å². The first kappa shape index (κ1) is 26.6. The highest BCUT2D eigenvalue weighted by Gasteiger charge is 2.57. The molecular weight excluding hydrogens is 490 g/mol. The molecule has 1 aromatic carbocycles. The molecule has 4 rings (SSSR count). The first-order valence-electron chi connectivity index (χ1n) is 12.0. The first-order chi connectivity index (χ1) is 17.2. The van der Waals surface area contributed by atoms with Crippen LogP contribution in [-0.4, -0.2) is 72.3 Å². The van der Waals surface area contributed by atoms with E-state index in [4.69, 9.17) is 0 Å². The second-order valence-corrected chi connectivity index (χ2v) is 10.5. The Balaban J connectivity index is 1.24. The smallest absolute Gasteiger partial charge is 0.309 e. The van der Waals surface area contributed by atoms with Crippen LogP contribution in [0.25, 0.3) is 0 Å². The van der Waals surface area contributed by atoms with E-state index in [2.05, 4.69) is 19.9 Å². The third-order valence-corrected chi connectivity index (χ3v) is 8.36. The third kappa shape index (κ3) is 5.75. The van der Waals surface area contributed by atoms with Crippen molar-refractivity contribution in [3.05, 3.63) is 65.2 Å². The predicted octanol–water partition coefficient (Wildman–Crippen LogP) is 5.54. The molecule has 2 heterocycles. The van der Waals surface area contributed by atoms with Gasteiger partial charge in [-0.2, -0.15) is 17.6 Å². The summed E-state index contributed by atoms with van der Waals surface area (Å²) < 4.78 is 52.8. The fourth-order valence-corrected chi connectivity index (χ4v) is 6.07. The highest BCUT2D eigenvalue weighted by Crippen LogP contribution is 2.64. The van der Waals surface area contributed by atoms with Crippen LogP contribution < -0.4 is 0 Å². The van der Waals surface area contributed by atoms with E-state index in [9.17, 15) is 17.6 Å². The van der Waals surface area contributed by atoms with Gasteiger partial charge >= 0.3 is 6.18 Å². The zero-order valence-electron chi connectivity index (χ0n) is 20.7. The molecule has 2 atom stereocenters. The highest BCUT2D eigenvalue weighted by molar-refractivity contribution is 8.13. The van der Waals surface area contributed by atoms with E-state index >= 15 is 0 Å². The van der Waals surface area contributed by atoms with Crippen LogP contribution in [0, 0.1) is 11.4 Å². The molecule has 1 saturated heterocycles. The second-order valence-electron chi connectivity index (χ2n) is 9.42. The summed E-state index contributed by atoms with van der Waals surface area (Å²) in [6, 6.07) is 9.03. The maximum Gasteiger partial charge on any atom is 0.416 e. The summed E-state index contributed by atoms with van der Waals surface area (Å²) in [5, 5.41) is 0.751. The molecular formula is C26H31F4N5S. The van der Waals surface area contributed by atoms with Crippen LogP contribution in [-0.2, 0) is 6.18 Å². The minimum Gasteiger partial charge on any atom is -0.309 e. The van der Waals surface area contributed by atoms with Gasteiger partial charge in [-0.3, -0.25) is 9.98 Å². The highest BCUT2D eigenvalue weighted by atomic mass is 32.2. The summed E-state index contributed by atoms with van der Waals surface area (Å²) in [4.78, 5) is 16.6. The molecule has 5 nitrogen and oxygen atoms in total. The molecule has 0 bridgehead atoms. The lowest BCUT2D eigenvalue weighted by atomic mass is 9.97. The molecule has 1 spiro atoms. The molecule has 194 valence electrons. The quantitative estimate of drug-likeness (QED) is 0.165. The van der Waals surface area contributed by atoms with E-state index in [0.29, 0.717) is 17.3 Å². The number of alkyl halides is 3. The molecule has 0 amide bonds. The van der Waals surface area contributed by atoms with Crippen molar-refractivity contribution in [3.8, 4) is 0 Å². The Bertz CT molecular complexity index is 1120. The van der Waals surface area contributed by atoms with Crippen LogP contribution in [0.5, 0.6) is 0 Å². The van der Waals surface area contributed by atoms with Gasteiger partial charge in [-0.25, -0.2) is 4.98 Å². The molecule has 0 N–H and O–H groups in total. The van der Waals surface area contributed by atoms with Gasteiger partial charge in [-0.15, -0.1) is 0 Å². The Kier molecular flexibility index (Phi) is 8.04. The van der Waals surface area contributed by atoms with E-state index in [0.717, 1.165) is 55.4 Å². The molecule has 1 aromatic heterocycles. The third-order valence-electron chi connectivity index (χ3n) is 7.15. The summed E-state index contributed by atoms with van der Waals surface area (Å²) in [5.41, 5.74) is 0.975. The summed E-state index contributed by atoms with van der Waals surface area (Å²) in [6.45, 7) is 2.97. The van der Waals surface area contributed by atoms with Crippen molar-refractivity contribution in [1.29, 1.82) is 0 Å². The van der Waals surface area contributed by atoms with Crippen LogP contribution >= 0.6 is 11.8 Å². The SMILES string of the molecule is C/N=C(/c1cccnc1F)N(C)/C(=N\C)SCCCN1CC[C@]2(C[C@@H]2c2ccc(C(F)(F)F)cc2)C1. The summed E-state index contributed by atoms with van der Waals surface area (Å²) in [5.74, 6) is 1.11. The topological polar surface area (TPSA) is 44.1 Å². The Labute approximate surface area is 213 Å². The standard InChI is InChI=1S/C26H31F4N5S/c1-31-23(20-6-4-12-33-22(20)27)34(3)24(32-2)36-15-5-13-35-14-11-25(17-35)16-21(25)18-7-9-19(10-8-18)26(28,29)30/h4,6-10,12,21H,5,11,13-17H2,1-3H3/b31-23-,32-24+/t21-,25+/m1/s1. The number of aliphatic imine (C=N–C) groups is 2. The lowest BCUT2D eigenvalue weighted by molar-refractivity contribution is -0.137. The molecule has 2 aromatic rings. The number of thioether (sulfide) groups is 1. The number of halogens is 4. The predicted molar refractivity (Wildman–Crippen MR) is 137 cm³/mol. The average molecular weight is 522 g/mol. The Morgan fingerprint density at radius 1 is 1.19 bits per heavy atom. The summed E-state index contributed by atoms with van der Waals surface area (Å²) >= 11 is 1.61. The van der Waals surface area contributed by atoms with Gasteiger partial charge in [0.15, 0.2) is 5.17 Å². The molecule has 0 radical (unpaired) electrons. The van der Waals surface area contributed by atoms with Crippen molar-refractivity contribution in [2.45, 2.75) is 31.4 Å². The van der Waals surface area contributed by atoms with Crippen molar-refractivity contribution in [1.82, 2.24) is 14.8 Å². The van der Waals surface area contributed by atoms with E-state index in [1.165, 1.54) is 18.3 Å². The average Bonchev–Trinajstić information content (AvgIpc) is 3.41. The molecule has 36 heavy (non-hydrogen) atoms. The number of hydrogen-bond donors (Lipinski definition) is 0. The van der Waals surface area contributed by atoms with E-state index < -0.39 is 17.7 Å². The van der Waals surface area contributed by atoms with Gasteiger partial charge in [0.1, 0.15) is 5.84 Å². The number of nitrogens with zero attached hydrogens (tertiary/aromatic N) is 5. The maximum atomic E-state index is 14.2. The lowest BCUT2D eigenvalue weighted by Gasteiger charge is -2.23. The van der Waals surface area contributed by atoms with Crippen LogP contribution in [0.15, 0.2) is 52.6 Å². The monoisotopic (exact) mass is 521 g/mol. The van der Waals surface area contributed by atoms with Gasteiger partial charge in [0, 0.05) is 39.6 Å². The van der Waals surface area contributed by atoms with Gasteiger partial charge in [0.25, 0.3) is 0 Å². The Hall–Kier alpha value is -2.46. The fraction of sp³-hybridized carbons (Fsp3) is 0.500. The number of aromatic nitrogens is 1. The van der Waals surface area contributed by atoms with Gasteiger partial charge in [-0.05, 0) is 73.5 Å². The zero-order valence-corrected chi connectivity index (χ0v) is 21.5. The van der Waals surface area contributed by atoms with Gasteiger partial charge in [-0.1, -0.05) is 23.9 Å². The maximum absolute atomic E-state index is 14.2. The van der Waals surface area contributed by atoms with Crippen LogP contribution in [0.2, 0.25) is 0 Å². The molecule has 1 aliphatic heterocycles. The molecule has 0 unspecified atom stereocenters. The van der Waals surface area contributed by atoms with Crippen LogP contribution in [0.1, 0.15) is 41.9 Å². The number of hydrogen-bond acceptors (Lipinski definition) is 5. The molecule has 1 saturated carbocycles. The van der Waals surface area contributed by atoms with Crippen molar-refractivity contribution >= 4 is 22.8 Å².